The van der Waals surface area contributed by atoms with Gasteiger partial charge < -0.3 is 24.4 Å². The van der Waals surface area contributed by atoms with E-state index in [1.807, 2.05) is 78.9 Å². The van der Waals surface area contributed by atoms with Gasteiger partial charge in [0.2, 0.25) is 0 Å². The molecule has 59 heavy (non-hydrogen) atoms. The number of aryl methyl sites for hydroxylation is 2. The van der Waals surface area contributed by atoms with Crippen LogP contribution in [0.3, 0.4) is 0 Å². The SMILES string of the molecule is COC(=O)/C=C/c1cc(-c2ccc(C)cc2)cc(-c2ccc(OCc3ccccc3)cc2)c1.COC(=O)CCc1cc(-c2ccc(O)cc2)cc(-c2ccc(O)cc2)c1. The van der Waals surface area contributed by atoms with Crippen molar-refractivity contribution in [2.45, 2.75) is 26.4 Å². The minimum atomic E-state index is -0.378. The van der Waals surface area contributed by atoms with E-state index in [0.29, 0.717) is 19.4 Å². The Labute approximate surface area is 345 Å². The van der Waals surface area contributed by atoms with Gasteiger partial charge in [-0.3, -0.25) is 4.79 Å². The summed E-state index contributed by atoms with van der Waals surface area (Å²) in [6.07, 6.45) is 4.11. The van der Waals surface area contributed by atoms with E-state index in [-0.39, 0.29) is 23.4 Å². The molecule has 0 radical (unpaired) electrons. The highest BCUT2D eigenvalue weighted by Crippen LogP contribution is 2.32. The van der Waals surface area contributed by atoms with Crippen LogP contribution in [-0.4, -0.2) is 36.4 Å². The van der Waals surface area contributed by atoms with E-state index < -0.39 is 0 Å². The van der Waals surface area contributed by atoms with Gasteiger partial charge in [-0.1, -0.05) is 109 Å². The zero-order chi connectivity index (χ0) is 41.6. The number of rotatable bonds is 12. The number of carbonyl (C=O) groups is 2. The summed E-state index contributed by atoms with van der Waals surface area (Å²) in [5, 5.41) is 19.0. The molecule has 0 saturated carbocycles. The van der Waals surface area contributed by atoms with Crippen LogP contribution in [0.2, 0.25) is 0 Å². The molecule has 7 aromatic rings. The van der Waals surface area contributed by atoms with Crippen LogP contribution < -0.4 is 4.74 Å². The summed E-state index contributed by atoms with van der Waals surface area (Å²) in [6, 6.07) is 53.1. The summed E-state index contributed by atoms with van der Waals surface area (Å²) in [6.45, 7) is 2.61. The van der Waals surface area contributed by atoms with Crippen molar-refractivity contribution in [2.75, 3.05) is 14.2 Å². The first kappa shape index (κ1) is 41.3. The maximum absolute atomic E-state index is 11.6. The maximum Gasteiger partial charge on any atom is 0.330 e. The number of phenolic OH excluding ortho intramolecular Hbond substituents is 2. The molecule has 7 nitrogen and oxygen atoms in total. The van der Waals surface area contributed by atoms with Crippen molar-refractivity contribution in [3.05, 3.63) is 192 Å². The molecule has 0 aliphatic carbocycles. The van der Waals surface area contributed by atoms with Crippen LogP contribution in [0.1, 0.15) is 28.7 Å². The van der Waals surface area contributed by atoms with E-state index in [1.54, 1.807) is 30.3 Å². The number of hydrogen-bond donors (Lipinski definition) is 2. The first-order valence-electron chi connectivity index (χ1n) is 19.2. The monoisotopic (exact) mass is 782 g/mol. The van der Waals surface area contributed by atoms with E-state index in [0.717, 1.165) is 66.9 Å². The Morgan fingerprint density at radius 3 is 1.49 bits per heavy atom. The maximum atomic E-state index is 11.6. The number of ether oxygens (including phenoxy) is 3. The van der Waals surface area contributed by atoms with E-state index in [2.05, 4.69) is 67.6 Å². The Bertz CT molecular complexity index is 2420. The van der Waals surface area contributed by atoms with Crippen LogP contribution in [0.25, 0.3) is 50.6 Å². The number of methoxy groups -OCH3 is 2. The van der Waals surface area contributed by atoms with Crippen molar-refractivity contribution >= 4 is 18.0 Å². The van der Waals surface area contributed by atoms with Gasteiger partial charge >= 0.3 is 11.9 Å². The molecule has 0 saturated heterocycles. The molecule has 7 rings (SSSR count). The highest BCUT2D eigenvalue weighted by atomic mass is 16.5. The molecule has 7 heteroatoms. The van der Waals surface area contributed by atoms with E-state index in [9.17, 15) is 19.8 Å². The number of hydrogen-bond acceptors (Lipinski definition) is 7. The van der Waals surface area contributed by atoms with Crippen molar-refractivity contribution in [3.63, 3.8) is 0 Å². The molecule has 0 atom stereocenters. The van der Waals surface area contributed by atoms with Crippen LogP contribution >= 0.6 is 0 Å². The molecule has 2 N–H and O–H groups in total. The fourth-order valence-electron chi connectivity index (χ4n) is 6.37. The lowest BCUT2D eigenvalue weighted by atomic mass is 9.94. The Hall–Kier alpha value is -7.38. The fourth-order valence-corrected chi connectivity index (χ4v) is 6.37. The van der Waals surface area contributed by atoms with Crippen LogP contribution in [0, 0.1) is 6.92 Å². The molecule has 0 unspecified atom stereocenters. The number of phenols is 2. The molecule has 0 heterocycles. The van der Waals surface area contributed by atoms with Crippen LogP contribution in [0.15, 0.2) is 170 Å². The van der Waals surface area contributed by atoms with Crippen LogP contribution in [0.4, 0.5) is 0 Å². The van der Waals surface area contributed by atoms with Crippen molar-refractivity contribution in [2.24, 2.45) is 0 Å². The predicted octanol–water partition coefficient (Wildman–Crippen LogP) is 11.6. The average Bonchev–Trinajstić information content (AvgIpc) is 3.28. The largest absolute Gasteiger partial charge is 0.508 e. The molecule has 0 fully saturated rings. The molecular formula is C52H46O7. The minimum Gasteiger partial charge on any atom is -0.508 e. The normalized spacial score (nSPS) is 10.7. The van der Waals surface area contributed by atoms with E-state index in [1.165, 1.54) is 25.9 Å². The van der Waals surface area contributed by atoms with Gasteiger partial charge in [0, 0.05) is 12.5 Å². The molecule has 296 valence electrons. The lowest BCUT2D eigenvalue weighted by Crippen LogP contribution is -2.02. The summed E-state index contributed by atoms with van der Waals surface area (Å²) in [5.74, 6) is 0.634. The van der Waals surface area contributed by atoms with Gasteiger partial charge in [0.1, 0.15) is 23.9 Å². The van der Waals surface area contributed by atoms with Crippen LogP contribution in [0.5, 0.6) is 17.2 Å². The quantitative estimate of drug-likeness (QED) is 0.0940. The Kier molecular flexibility index (Phi) is 14.1. The molecule has 0 aliphatic heterocycles. The van der Waals surface area contributed by atoms with Crippen molar-refractivity contribution in [1.82, 2.24) is 0 Å². The summed E-state index contributed by atoms with van der Waals surface area (Å²) >= 11 is 0. The third-order valence-corrected chi connectivity index (χ3v) is 9.63. The number of aromatic hydroxyl groups is 2. The summed E-state index contributed by atoms with van der Waals surface area (Å²) in [7, 11) is 2.76. The minimum absolute atomic E-state index is 0.217. The van der Waals surface area contributed by atoms with Crippen molar-refractivity contribution in [1.29, 1.82) is 0 Å². The summed E-state index contributed by atoms with van der Waals surface area (Å²) in [4.78, 5) is 23.1. The third kappa shape index (κ3) is 12.1. The van der Waals surface area contributed by atoms with Crippen LogP contribution in [-0.2, 0) is 32.1 Å². The number of esters is 2. The smallest absolute Gasteiger partial charge is 0.330 e. The predicted molar refractivity (Wildman–Crippen MR) is 235 cm³/mol. The van der Waals surface area contributed by atoms with Gasteiger partial charge in [-0.15, -0.1) is 0 Å². The standard InChI is InChI=1S/C30H26O3.C22H20O4/c1-22-8-11-25(12-9-22)27-18-24(10-17-30(31)32-2)19-28(20-27)26-13-15-29(16-14-26)33-21-23-6-4-3-5-7-23;1-26-22(25)11-2-15-12-18(16-3-7-20(23)8-4-16)14-19(13-15)17-5-9-21(24)10-6-17/h3-20H,21H2,1-2H3;3-10,12-14,23-24H,2,11H2,1H3/b17-10+;. The molecule has 7 aromatic carbocycles. The summed E-state index contributed by atoms with van der Waals surface area (Å²) in [5.41, 5.74) is 12.6. The Morgan fingerprint density at radius 2 is 1.00 bits per heavy atom. The molecule has 0 spiro atoms. The number of benzene rings is 7. The van der Waals surface area contributed by atoms with Gasteiger partial charge in [0.15, 0.2) is 0 Å². The van der Waals surface area contributed by atoms with Gasteiger partial charge in [-0.2, -0.15) is 0 Å². The van der Waals surface area contributed by atoms with Crippen molar-refractivity contribution < 1.29 is 34.0 Å². The van der Waals surface area contributed by atoms with Gasteiger partial charge in [-0.25, -0.2) is 4.79 Å². The Balaban J connectivity index is 0.000000204. The van der Waals surface area contributed by atoms with E-state index in [4.69, 9.17) is 14.2 Å². The van der Waals surface area contributed by atoms with Gasteiger partial charge in [0.05, 0.1) is 14.2 Å². The second-order valence-electron chi connectivity index (χ2n) is 14.0. The van der Waals surface area contributed by atoms with E-state index >= 15 is 0 Å². The molecule has 0 bridgehead atoms. The second-order valence-corrected chi connectivity index (χ2v) is 14.0. The topological polar surface area (TPSA) is 102 Å². The zero-order valence-electron chi connectivity index (χ0n) is 33.3. The number of carbonyl (C=O) groups excluding carboxylic acids is 2. The van der Waals surface area contributed by atoms with Gasteiger partial charge in [0.25, 0.3) is 0 Å². The third-order valence-electron chi connectivity index (χ3n) is 9.63. The van der Waals surface area contributed by atoms with Gasteiger partial charge in [-0.05, 0) is 141 Å². The second kappa shape index (κ2) is 20.2. The molecule has 0 aromatic heterocycles. The lowest BCUT2D eigenvalue weighted by molar-refractivity contribution is -0.140. The molecule has 0 aliphatic rings. The highest BCUT2D eigenvalue weighted by molar-refractivity contribution is 5.88. The average molecular weight is 783 g/mol. The van der Waals surface area contributed by atoms with Crippen molar-refractivity contribution in [3.8, 4) is 61.8 Å². The highest BCUT2D eigenvalue weighted by Gasteiger charge is 2.10. The zero-order valence-corrected chi connectivity index (χ0v) is 33.3. The lowest BCUT2D eigenvalue weighted by Gasteiger charge is -2.11. The fraction of sp³-hybridized carbons (Fsp3) is 0.115. The Morgan fingerprint density at radius 1 is 0.525 bits per heavy atom. The molecule has 0 amide bonds. The first-order valence-corrected chi connectivity index (χ1v) is 19.2. The molecular weight excluding hydrogens is 737 g/mol. The first-order chi connectivity index (χ1) is 28.6. The summed E-state index contributed by atoms with van der Waals surface area (Å²) < 4.78 is 15.4.